The van der Waals surface area contributed by atoms with Crippen LogP contribution in [0.15, 0.2) is 48.5 Å². The lowest BCUT2D eigenvalue weighted by atomic mass is 9.87. The minimum Gasteiger partial charge on any atom is -0.481 e. The Labute approximate surface area is 166 Å². The lowest BCUT2D eigenvalue weighted by Crippen LogP contribution is -2.30. The van der Waals surface area contributed by atoms with Crippen LogP contribution in [0.4, 0.5) is 5.69 Å². The summed E-state index contributed by atoms with van der Waals surface area (Å²) in [5.41, 5.74) is 2.39. The number of anilines is 1. The van der Waals surface area contributed by atoms with Gasteiger partial charge < -0.3 is 15.4 Å². The predicted molar refractivity (Wildman–Crippen MR) is 111 cm³/mol. The first-order valence-corrected chi connectivity index (χ1v) is 9.71. The van der Waals surface area contributed by atoms with Crippen molar-refractivity contribution < 1.29 is 14.3 Å². The maximum atomic E-state index is 12.5. The second kappa shape index (κ2) is 8.05. The molecule has 1 saturated carbocycles. The molecule has 0 unspecified atom stereocenters. The molecule has 2 amide bonds. The van der Waals surface area contributed by atoms with Crippen molar-refractivity contribution in [2.24, 2.45) is 0 Å². The van der Waals surface area contributed by atoms with Gasteiger partial charge in [-0.15, -0.1) is 0 Å². The van der Waals surface area contributed by atoms with E-state index in [1.54, 1.807) is 31.2 Å². The van der Waals surface area contributed by atoms with Crippen molar-refractivity contribution in [1.29, 1.82) is 0 Å². The second-order valence-electron chi connectivity index (χ2n) is 8.35. The summed E-state index contributed by atoms with van der Waals surface area (Å²) < 4.78 is 5.76. The molecule has 2 aromatic carbocycles. The van der Waals surface area contributed by atoms with E-state index in [1.807, 2.05) is 24.3 Å². The molecule has 148 valence electrons. The van der Waals surface area contributed by atoms with Gasteiger partial charge in [0.25, 0.3) is 11.8 Å². The molecular weight excluding hydrogens is 352 g/mol. The van der Waals surface area contributed by atoms with Crippen LogP contribution in [-0.4, -0.2) is 24.0 Å². The molecule has 5 nitrogen and oxygen atoms in total. The SMILES string of the molecule is C[C@@H](Oc1ccc(C(C)(C)C)cc1)C(=O)Nc1cccc(C(=O)NC2CC2)c1. The molecule has 0 spiro atoms. The van der Waals surface area contributed by atoms with Crippen molar-refractivity contribution >= 4 is 17.5 Å². The molecule has 1 aliphatic carbocycles. The summed E-state index contributed by atoms with van der Waals surface area (Å²) >= 11 is 0. The van der Waals surface area contributed by atoms with E-state index in [-0.39, 0.29) is 17.2 Å². The van der Waals surface area contributed by atoms with Crippen molar-refractivity contribution in [1.82, 2.24) is 5.32 Å². The molecule has 2 aromatic rings. The van der Waals surface area contributed by atoms with Gasteiger partial charge in [0.1, 0.15) is 5.75 Å². The molecule has 1 fully saturated rings. The van der Waals surface area contributed by atoms with Crippen LogP contribution < -0.4 is 15.4 Å². The Kier molecular flexibility index (Phi) is 5.73. The Morgan fingerprint density at radius 2 is 1.75 bits per heavy atom. The van der Waals surface area contributed by atoms with Crippen molar-refractivity contribution in [3.8, 4) is 5.75 Å². The van der Waals surface area contributed by atoms with Crippen LogP contribution in [0.25, 0.3) is 0 Å². The van der Waals surface area contributed by atoms with E-state index in [0.717, 1.165) is 12.8 Å². The Hall–Kier alpha value is -2.82. The van der Waals surface area contributed by atoms with Crippen LogP contribution in [0.1, 0.15) is 56.5 Å². The molecule has 1 aliphatic rings. The molecule has 0 radical (unpaired) electrons. The number of carbonyl (C=O) groups is 2. The normalized spacial score (nSPS) is 14.9. The number of ether oxygens (including phenoxy) is 1. The van der Waals surface area contributed by atoms with Crippen LogP contribution in [0, 0.1) is 0 Å². The zero-order valence-electron chi connectivity index (χ0n) is 16.9. The van der Waals surface area contributed by atoms with E-state index in [4.69, 9.17) is 4.74 Å². The van der Waals surface area contributed by atoms with E-state index < -0.39 is 6.10 Å². The minimum atomic E-state index is -0.663. The van der Waals surface area contributed by atoms with Gasteiger partial charge in [-0.2, -0.15) is 0 Å². The number of amides is 2. The molecule has 0 aliphatic heterocycles. The number of nitrogens with one attached hydrogen (secondary N) is 2. The third kappa shape index (κ3) is 5.35. The fourth-order valence-electron chi connectivity index (χ4n) is 2.77. The third-order valence-electron chi connectivity index (χ3n) is 4.71. The number of benzene rings is 2. The highest BCUT2D eigenvalue weighted by atomic mass is 16.5. The van der Waals surface area contributed by atoms with Crippen LogP contribution >= 0.6 is 0 Å². The van der Waals surface area contributed by atoms with Gasteiger partial charge in [-0.1, -0.05) is 39.0 Å². The second-order valence-corrected chi connectivity index (χ2v) is 8.35. The van der Waals surface area contributed by atoms with Crippen LogP contribution in [-0.2, 0) is 10.2 Å². The van der Waals surface area contributed by atoms with E-state index >= 15 is 0 Å². The van der Waals surface area contributed by atoms with E-state index in [0.29, 0.717) is 23.0 Å². The first kappa shape index (κ1) is 19.9. The van der Waals surface area contributed by atoms with Gasteiger partial charge >= 0.3 is 0 Å². The maximum absolute atomic E-state index is 12.5. The molecule has 0 bridgehead atoms. The van der Waals surface area contributed by atoms with E-state index in [1.165, 1.54) is 5.56 Å². The predicted octanol–water partition coefficient (Wildman–Crippen LogP) is 4.28. The third-order valence-corrected chi connectivity index (χ3v) is 4.71. The first-order valence-electron chi connectivity index (χ1n) is 9.71. The van der Waals surface area contributed by atoms with Gasteiger partial charge in [0.15, 0.2) is 6.10 Å². The van der Waals surface area contributed by atoms with Crippen LogP contribution in [0.2, 0.25) is 0 Å². The molecule has 28 heavy (non-hydrogen) atoms. The molecule has 2 N–H and O–H groups in total. The Balaban J connectivity index is 1.58. The van der Waals surface area contributed by atoms with Gasteiger partial charge in [0.2, 0.25) is 0 Å². The Morgan fingerprint density at radius 1 is 1.07 bits per heavy atom. The largest absolute Gasteiger partial charge is 0.481 e. The van der Waals surface area contributed by atoms with Crippen molar-refractivity contribution in [2.45, 2.75) is 58.1 Å². The van der Waals surface area contributed by atoms with Gasteiger partial charge in [-0.05, 0) is 61.1 Å². The summed E-state index contributed by atoms with van der Waals surface area (Å²) in [7, 11) is 0. The highest BCUT2D eigenvalue weighted by Crippen LogP contribution is 2.25. The number of carbonyl (C=O) groups excluding carboxylic acids is 2. The molecule has 0 heterocycles. The van der Waals surface area contributed by atoms with Gasteiger partial charge in [0, 0.05) is 17.3 Å². The quantitative estimate of drug-likeness (QED) is 0.786. The fourth-order valence-corrected chi connectivity index (χ4v) is 2.77. The number of rotatable bonds is 6. The summed E-state index contributed by atoms with van der Waals surface area (Å²) in [5.74, 6) is 0.273. The topological polar surface area (TPSA) is 67.4 Å². The average Bonchev–Trinajstić information content (AvgIpc) is 3.45. The van der Waals surface area contributed by atoms with Crippen molar-refractivity contribution in [2.75, 3.05) is 5.32 Å². The lowest BCUT2D eigenvalue weighted by molar-refractivity contribution is -0.122. The molecule has 5 heteroatoms. The van der Waals surface area contributed by atoms with Crippen LogP contribution in [0.3, 0.4) is 0 Å². The summed E-state index contributed by atoms with van der Waals surface area (Å²) in [5, 5.41) is 5.76. The highest BCUT2D eigenvalue weighted by molar-refractivity contribution is 5.98. The fraction of sp³-hybridized carbons (Fsp3) is 0.391. The summed E-state index contributed by atoms with van der Waals surface area (Å²) in [4.78, 5) is 24.6. The Morgan fingerprint density at radius 3 is 2.36 bits per heavy atom. The van der Waals surface area contributed by atoms with Gasteiger partial charge in [0.05, 0.1) is 0 Å². The maximum Gasteiger partial charge on any atom is 0.265 e. The van der Waals surface area contributed by atoms with E-state index in [2.05, 4.69) is 31.4 Å². The van der Waals surface area contributed by atoms with Crippen molar-refractivity contribution in [3.63, 3.8) is 0 Å². The summed E-state index contributed by atoms with van der Waals surface area (Å²) in [6.45, 7) is 8.16. The highest BCUT2D eigenvalue weighted by Gasteiger charge is 2.24. The summed E-state index contributed by atoms with van der Waals surface area (Å²) in [6, 6.07) is 15.0. The molecular formula is C23H28N2O3. The monoisotopic (exact) mass is 380 g/mol. The van der Waals surface area contributed by atoms with Gasteiger partial charge in [-0.25, -0.2) is 0 Å². The zero-order chi connectivity index (χ0) is 20.3. The van der Waals surface area contributed by atoms with E-state index in [9.17, 15) is 9.59 Å². The molecule has 3 rings (SSSR count). The average molecular weight is 380 g/mol. The number of hydrogen-bond donors (Lipinski definition) is 2. The molecule has 0 aromatic heterocycles. The smallest absolute Gasteiger partial charge is 0.265 e. The minimum absolute atomic E-state index is 0.0678. The van der Waals surface area contributed by atoms with Crippen LogP contribution in [0.5, 0.6) is 5.75 Å². The first-order chi connectivity index (χ1) is 13.2. The van der Waals surface area contributed by atoms with Gasteiger partial charge in [-0.3, -0.25) is 9.59 Å². The molecule has 1 atom stereocenters. The Bertz CT molecular complexity index is 849. The standard InChI is InChI=1S/C23H28N2O3/c1-15(28-20-12-8-17(9-13-20)23(2,3)4)21(26)25-19-7-5-6-16(14-19)22(27)24-18-10-11-18/h5-9,12-15,18H,10-11H2,1-4H3,(H,24,27)(H,25,26)/t15-/m1/s1. The zero-order valence-corrected chi connectivity index (χ0v) is 16.9. The van der Waals surface area contributed by atoms with Crippen molar-refractivity contribution in [3.05, 3.63) is 59.7 Å². The summed E-state index contributed by atoms with van der Waals surface area (Å²) in [6.07, 6.45) is 1.41. The number of hydrogen-bond acceptors (Lipinski definition) is 3. The lowest BCUT2D eigenvalue weighted by Gasteiger charge is -2.20. The molecule has 0 saturated heterocycles.